The molecule has 4 aliphatic carbocycles. The summed E-state index contributed by atoms with van der Waals surface area (Å²) in [7, 11) is 0. The van der Waals surface area contributed by atoms with E-state index in [0.29, 0.717) is 0 Å². The quantitative estimate of drug-likeness (QED) is 0.508. The monoisotopic (exact) mass is 158 g/mol. The number of hydrogen-bond donors (Lipinski definition) is 0. The van der Waals surface area contributed by atoms with Crippen molar-refractivity contribution < 1.29 is 0 Å². The van der Waals surface area contributed by atoms with Gasteiger partial charge in [0.15, 0.2) is 0 Å². The summed E-state index contributed by atoms with van der Waals surface area (Å²) in [4.78, 5) is 0. The SMILES string of the molecule is C1=CC2=C(CC1)C1CC1C1CC21. The highest BCUT2D eigenvalue weighted by Gasteiger charge is 2.59. The molecule has 0 aromatic carbocycles. The molecule has 0 radical (unpaired) electrons. The van der Waals surface area contributed by atoms with Gasteiger partial charge in [-0.3, -0.25) is 0 Å². The molecule has 0 heteroatoms. The highest BCUT2D eigenvalue weighted by atomic mass is 14.6. The van der Waals surface area contributed by atoms with Crippen LogP contribution in [0, 0.1) is 23.7 Å². The van der Waals surface area contributed by atoms with Crippen molar-refractivity contribution in [3.63, 3.8) is 0 Å². The minimum Gasteiger partial charge on any atom is -0.0839 e. The number of allylic oxidation sites excluding steroid dienone is 4. The molecule has 4 unspecified atom stereocenters. The molecule has 0 aliphatic heterocycles. The fourth-order valence-electron chi connectivity index (χ4n) is 3.60. The van der Waals surface area contributed by atoms with Gasteiger partial charge in [0, 0.05) is 0 Å². The van der Waals surface area contributed by atoms with E-state index in [2.05, 4.69) is 12.2 Å². The molecule has 0 nitrogen and oxygen atoms in total. The van der Waals surface area contributed by atoms with E-state index in [-0.39, 0.29) is 0 Å². The lowest BCUT2D eigenvalue weighted by atomic mass is 9.86. The van der Waals surface area contributed by atoms with E-state index in [4.69, 9.17) is 0 Å². The highest BCUT2D eigenvalue weighted by Crippen LogP contribution is 2.68. The van der Waals surface area contributed by atoms with Gasteiger partial charge in [-0.2, -0.15) is 0 Å². The van der Waals surface area contributed by atoms with Gasteiger partial charge >= 0.3 is 0 Å². The van der Waals surface area contributed by atoms with Crippen LogP contribution in [0.1, 0.15) is 25.7 Å². The van der Waals surface area contributed by atoms with Gasteiger partial charge in [-0.25, -0.2) is 0 Å². The predicted molar refractivity (Wildman–Crippen MR) is 48.6 cm³/mol. The number of hydrogen-bond acceptors (Lipinski definition) is 0. The first-order valence-electron chi connectivity index (χ1n) is 5.34. The molecule has 0 spiro atoms. The average molecular weight is 158 g/mol. The normalized spacial score (nSPS) is 52.7. The Morgan fingerprint density at radius 2 is 1.92 bits per heavy atom. The maximum atomic E-state index is 2.44. The van der Waals surface area contributed by atoms with E-state index >= 15 is 0 Å². The van der Waals surface area contributed by atoms with Crippen LogP contribution in [0.3, 0.4) is 0 Å². The molecule has 0 bridgehead atoms. The van der Waals surface area contributed by atoms with Gasteiger partial charge in [-0.1, -0.05) is 17.7 Å². The molecule has 0 aromatic heterocycles. The van der Waals surface area contributed by atoms with Crippen LogP contribution in [-0.4, -0.2) is 0 Å². The van der Waals surface area contributed by atoms with Crippen molar-refractivity contribution in [3.05, 3.63) is 23.3 Å². The molecule has 12 heavy (non-hydrogen) atoms. The van der Waals surface area contributed by atoms with Gasteiger partial charge in [-0.15, -0.1) is 0 Å². The number of fused-ring (bicyclic) bond motifs is 5. The minimum absolute atomic E-state index is 1.03. The molecule has 4 atom stereocenters. The van der Waals surface area contributed by atoms with Crippen molar-refractivity contribution in [2.45, 2.75) is 25.7 Å². The van der Waals surface area contributed by atoms with E-state index in [0.717, 1.165) is 23.7 Å². The molecule has 0 aromatic rings. The maximum absolute atomic E-state index is 2.44. The molecular formula is C12H14. The summed E-state index contributed by atoms with van der Waals surface area (Å²) < 4.78 is 0. The zero-order valence-electron chi connectivity index (χ0n) is 7.29. The van der Waals surface area contributed by atoms with E-state index in [9.17, 15) is 0 Å². The van der Waals surface area contributed by atoms with Crippen molar-refractivity contribution in [3.8, 4) is 0 Å². The Hall–Kier alpha value is -0.520. The molecular weight excluding hydrogens is 144 g/mol. The van der Waals surface area contributed by atoms with Crippen LogP contribution < -0.4 is 0 Å². The summed E-state index contributed by atoms with van der Waals surface area (Å²) in [6.07, 6.45) is 10.6. The molecule has 2 fully saturated rings. The first-order chi connectivity index (χ1) is 5.95. The molecule has 62 valence electrons. The number of rotatable bonds is 0. The maximum Gasteiger partial charge on any atom is -0.0128 e. The van der Waals surface area contributed by atoms with Crippen molar-refractivity contribution in [1.29, 1.82) is 0 Å². The predicted octanol–water partition coefficient (Wildman–Crippen LogP) is 2.92. The largest absolute Gasteiger partial charge is 0.0839 e. The Balaban J connectivity index is 1.88. The van der Waals surface area contributed by atoms with Gasteiger partial charge in [0.2, 0.25) is 0 Å². The van der Waals surface area contributed by atoms with Gasteiger partial charge in [0.05, 0.1) is 0 Å². The molecule has 0 heterocycles. The summed E-state index contributed by atoms with van der Waals surface area (Å²) in [5, 5.41) is 0. The van der Waals surface area contributed by atoms with Crippen molar-refractivity contribution in [2.75, 3.05) is 0 Å². The Morgan fingerprint density at radius 1 is 1.08 bits per heavy atom. The summed E-state index contributed by atoms with van der Waals surface area (Å²) in [6, 6.07) is 0. The molecule has 0 amide bonds. The topological polar surface area (TPSA) is 0 Å². The van der Waals surface area contributed by atoms with Crippen molar-refractivity contribution in [1.82, 2.24) is 0 Å². The highest BCUT2D eigenvalue weighted by molar-refractivity contribution is 5.43. The van der Waals surface area contributed by atoms with Crippen molar-refractivity contribution in [2.24, 2.45) is 23.7 Å². The van der Waals surface area contributed by atoms with Crippen LogP contribution in [0.5, 0.6) is 0 Å². The van der Waals surface area contributed by atoms with Crippen molar-refractivity contribution >= 4 is 0 Å². The second kappa shape index (κ2) is 1.71. The van der Waals surface area contributed by atoms with Gasteiger partial charge < -0.3 is 0 Å². The van der Waals surface area contributed by atoms with Crippen LogP contribution in [0.25, 0.3) is 0 Å². The second-order valence-corrected chi connectivity index (χ2v) is 4.93. The smallest absolute Gasteiger partial charge is 0.0128 e. The third-order valence-corrected chi connectivity index (χ3v) is 4.33. The molecule has 0 N–H and O–H groups in total. The van der Waals surface area contributed by atoms with Gasteiger partial charge in [-0.05, 0) is 54.9 Å². The first-order valence-corrected chi connectivity index (χ1v) is 5.34. The van der Waals surface area contributed by atoms with E-state index in [1.807, 2.05) is 5.57 Å². The zero-order valence-corrected chi connectivity index (χ0v) is 7.29. The molecule has 4 rings (SSSR count). The third kappa shape index (κ3) is 0.573. The van der Waals surface area contributed by atoms with Crippen LogP contribution in [0.15, 0.2) is 23.3 Å². The standard InChI is InChI=1S/C12H14/c1-2-4-8-7(3-1)9-5-11(9)12-6-10(8)12/h1,3,9-12H,2,4-6H2. The lowest BCUT2D eigenvalue weighted by Crippen LogP contribution is -2.07. The fourth-order valence-corrected chi connectivity index (χ4v) is 3.60. The molecule has 4 aliphatic rings. The van der Waals surface area contributed by atoms with E-state index < -0.39 is 0 Å². The lowest BCUT2D eigenvalue weighted by molar-refractivity contribution is 0.584. The van der Waals surface area contributed by atoms with E-state index in [1.54, 1.807) is 12.0 Å². The van der Waals surface area contributed by atoms with Crippen LogP contribution >= 0.6 is 0 Å². The average Bonchev–Trinajstić information content (AvgIpc) is 2.98. The van der Waals surface area contributed by atoms with Crippen LogP contribution in [-0.2, 0) is 0 Å². The van der Waals surface area contributed by atoms with Crippen LogP contribution in [0.2, 0.25) is 0 Å². The summed E-state index contributed by atoms with van der Waals surface area (Å²) >= 11 is 0. The minimum atomic E-state index is 1.03. The molecule has 0 saturated heterocycles. The van der Waals surface area contributed by atoms with Gasteiger partial charge in [0.25, 0.3) is 0 Å². The lowest BCUT2D eigenvalue weighted by Gasteiger charge is -2.19. The summed E-state index contributed by atoms with van der Waals surface area (Å²) in [5.41, 5.74) is 3.66. The first kappa shape index (κ1) is 6.01. The summed E-state index contributed by atoms with van der Waals surface area (Å²) in [6.45, 7) is 0. The summed E-state index contributed by atoms with van der Waals surface area (Å²) in [5.74, 6) is 4.38. The third-order valence-electron chi connectivity index (χ3n) is 4.33. The Kier molecular flexibility index (Phi) is 0.856. The van der Waals surface area contributed by atoms with E-state index in [1.165, 1.54) is 19.3 Å². The Labute approximate surface area is 73.4 Å². The van der Waals surface area contributed by atoms with Gasteiger partial charge in [0.1, 0.15) is 0 Å². The van der Waals surface area contributed by atoms with Crippen LogP contribution in [0.4, 0.5) is 0 Å². The zero-order chi connectivity index (χ0) is 7.71. The Bertz CT molecular complexity index is 308. The Morgan fingerprint density at radius 3 is 2.92 bits per heavy atom. The molecule has 2 saturated carbocycles. The second-order valence-electron chi connectivity index (χ2n) is 4.93. The fraction of sp³-hybridized carbons (Fsp3) is 0.667.